The molecule has 2 aliphatic heterocycles. The minimum absolute atomic E-state index is 0.545. The molecule has 6 heteroatoms. The fourth-order valence-corrected chi connectivity index (χ4v) is 4.08. The van der Waals surface area contributed by atoms with E-state index in [1.54, 1.807) is 0 Å². The van der Waals surface area contributed by atoms with Gasteiger partial charge in [-0.15, -0.1) is 10.2 Å². The van der Waals surface area contributed by atoms with Gasteiger partial charge in [0.05, 0.1) is 12.2 Å². The largest absolute Gasteiger partial charge is 0.315 e. The number of likely N-dealkylation sites (tertiary alicyclic amines) is 1. The van der Waals surface area contributed by atoms with Crippen molar-refractivity contribution in [2.24, 2.45) is 0 Å². The fourth-order valence-electron chi connectivity index (χ4n) is 4.08. The highest BCUT2D eigenvalue weighted by atomic mass is 15.3. The second kappa shape index (κ2) is 6.07. The Balaban J connectivity index is 1.40. The molecule has 1 atom stereocenters. The average molecular weight is 314 g/mol. The molecule has 0 N–H and O–H groups in total. The van der Waals surface area contributed by atoms with Crippen molar-refractivity contribution in [1.29, 1.82) is 0 Å². The van der Waals surface area contributed by atoms with Crippen molar-refractivity contribution in [2.45, 2.75) is 58.5 Å². The van der Waals surface area contributed by atoms with E-state index in [0.717, 1.165) is 38.3 Å². The molecule has 0 saturated carbocycles. The van der Waals surface area contributed by atoms with Crippen LogP contribution in [-0.4, -0.2) is 49.1 Å². The van der Waals surface area contributed by atoms with Gasteiger partial charge in [0.25, 0.3) is 0 Å². The van der Waals surface area contributed by atoms with E-state index < -0.39 is 0 Å². The molecule has 2 aromatic rings. The van der Waals surface area contributed by atoms with E-state index in [4.69, 9.17) is 0 Å². The lowest BCUT2D eigenvalue weighted by molar-refractivity contribution is 0.193. The van der Waals surface area contributed by atoms with Crippen LogP contribution < -0.4 is 0 Å². The van der Waals surface area contributed by atoms with Crippen LogP contribution >= 0.6 is 0 Å². The lowest BCUT2D eigenvalue weighted by atomic mass is 9.97. The first-order valence-corrected chi connectivity index (χ1v) is 8.86. The van der Waals surface area contributed by atoms with Gasteiger partial charge in [-0.25, -0.2) is 0 Å². The zero-order chi connectivity index (χ0) is 15.8. The van der Waals surface area contributed by atoms with E-state index in [2.05, 4.69) is 49.4 Å². The van der Waals surface area contributed by atoms with Gasteiger partial charge in [-0.1, -0.05) is 0 Å². The van der Waals surface area contributed by atoms with Gasteiger partial charge in [0.1, 0.15) is 11.6 Å². The SMILES string of the molecule is Cc1cc(C)n(CCN2CCC[C@H](c3nnc4n3CCC4)C2)n1. The molecule has 6 nitrogen and oxygen atoms in total. The summed E-state index contributed by atoms with van der Waals surface area (Å²) in [4.78, 5) is 2.57. The van der Waals surface area contributed by atoms with Gasteiger partial charge in [-0.2, -0.15) is 5.10 Å². The summed E-state index contributed by atoms with van der Waals surface area (Å²) < 4.78 is 4.50. The highest BCUT2D eigenvalue weighted by molar-refractivity contribution is 5.08. The second-order valence-corrected chi connectivity index (χ2v) is 7.02. The summed E-state index contributed by atoms with van der Waals surface area (Å²) in [7, 11) is 0. The molecule has 0 spiro atoms. The molecule has 0 radical (unpaired) electrons. The Morgan fingerprint density at radius 2 is 2.04 bits per heavy atom. The standard InChI is InChI=1S/C17H26N6/c1-13-11-14(2)23(20-13)10-9-21-7-3-5-15(12-21)17-19-18-16-6-4-8-22(16)17/h11,15H,3-10,12H2,1-2H3/t15-/m0/s1. The zero-order valence-electron chi connectivity index (χ0n) is 14.2. The maximum Gasteiger partial charge on any atom is 0.137 e. The minimum atomic E-state index is 0.545. The van der Waals surface area contributed by atoms with Crippen molar-refractivity contribution in [3.05, 3.63) is 29.1 Å². The van der Waals surface area contributed by atoms with E-state index in [1.165, 1.54) is 43.1 Å². The van der Waals surface area contributed by atoms with Crippen LogP contribution in [0.1, 0.15) is 48.2 Å². The molecule has 4 rings (SSSR count). The fraction of sp³-hybridized carbons (Fsp3) is 0.706. The molecule has 0 bridgehead atoms. The third-order valence-corrected chi connectivity index (χ3v) is 5.24. The van der Waals surface area contributed by atoms with Crippen LogP contribution in [0.5, 0.6) is 0 Å². The summed E-state index contributed by atoms with van der Waals surface area (Å²) in [6, 6.07) is 2.15. The van der Waals surface area contributed by atoms with Crippen molar-refractivity contribution < 1.29 is 0 Å². The Morgan fingerprint density at radius 3 is 2.87 bits per heavy atom. The summed E-state index contributed by atoms with van der Waals surface area (Å²) >= 11 is 0. The topological polar surface area (TPSA) is 51.8 Å². The molecule has 1 saturated heterocycles. The van der Waals surface area contributed by atoms with E-state index in [1.807, 2.05) is 0 Å². The van der Waals surface area contributed by atoms with Gasteiger partial charge in [-0.05, 0) is 45.7 Å². The molecule has 0 aromatic carbocycles. The maximum absolute atomic E-state index is 4.57. The first-order chi connectivity index (χ1) is 11.2. The Kier molecular flexibility index (Phi) is 3.93. The van der Waals surface area contributed by atoms with Crippen molar-refractivity contribution in [2.75, 3.05) is 19.6 Å². The molecule has 1 fully saturated rings. The van der Waals surface area contributed by atoms with Crippen molar-refractivity contribution >= 4 is 0 Å². The first-order valence-electron chi connectivity index (χ1n) is 8.86. The number of hydrogen-bond donors (Lipinski definition) is 0. The van der Waals surface area contributed by atoms with Gasteiger partial charge in [0.15, 0.2) is 0 Å². The molecular formula is C17H26N6. The van der Waals surface area contributed by atoms with Crippen LogP contribution in [0.4, 0.5) is 0 Å². The minimum Gasteiger partial charge on any atom is -0.315 e. The van der Waals surface area contributed by atoms with E-state index >= 15 is 0 Å². The monoisotopic (exact) mass is 314 g/mol. The van der Waals surface area contributed by atoms with Gasteiger partial charge in [-0.3, -0.25) is 4.68 Å². The number of piperidine rings is 1. The molecule has 2 aliphatic rings. The number of fused-ring (bicyclic) bond motifs is 1. The Bertz CT molecular complexity index is 685. The number of nitrogens with zero attached hydrogens (tertiary/aromatic N) is 6. The molecule has 2 aromatic heterocycles. The quantitative estimate of drug-likeness (QED) is 0.865. The third-order valence-electron chi connectivity index (χ3n) is 5.24. The van der Waals surface area contributed by atoms with Gasteiger partial charge < -0.3 is 9.47 Å². The van der Waals surface area contributed by atoms with Crippen LogP contribution in [-0.2, 0) is 19.5 Å². The second-order valence-electron chi connectivity index (χ2n) is 7.02. The maximum atomic E-state index is 4.57. The third kappa shape index (κ3) is 2.92. The van der Waals surface area contributed by atoms with Gasteiger partial charge in [0.2, 0.25) is 0 Å². The Hall–Kier alpha value is -1.69. The molecule has 124 valence electrons. The Labute approximate surface area is 137 Å². The average Bonchev–Trinajstić information content (AvgIpc) is 3.21. The zero-order valence-corrected chi connectivity index (χ0v) is 14.2. The summed E-state index contributed by atoms with van der Waals surface area (Å²) in [5, 5.41) is 13.5. The smallest absolute Gasteiger partial charge is 0.137 e. The summed E-state index contributed by atoms with van der Waals surface area (Å²) in [6.07, 6.45) is 4.83. The normalized spacial score (nSPS) is 21.7. The molecule has 0 aliphatic carbocycles. The highest BCUT2D eigenvalue weighted by Crippen LogP contribution is 2.28. The molecule has 23 heavy (non-hydrogen) atoms. The number of aromatic nitrogens is 5. The van der Waals surface area contributed by atoms with E-state index in [-0.39, 0.29) is 0 Å². The van der Waals surface area contributed by atoms with Crippen LogP contribution in [0.25, 0.3) is 0 Å². The first kappa shape index (κ1) is 14.9. The van der Waals surface area contributed by atoms with E-state index in [0.29, 0.717) is 5.92 Å². The van der Waals surface area contributed by atoms with Crippen molar-refractivity contribution in [3.63, 3.8) is 0 Å². The van der Waals surface area contributed by atoms with Crippen molar-refractivity contribution in [3.8, 4) is 0 Å². The lowest BCUT2D eigenvalue weighted by Gasteiger charge is -2.32. The molecule has 0 amide bonds. The molecule has 0 unspecified atom stereocenters. The van der Waals surface area contributed by atoms with Crippen LogP contribution in [0.3, 0.4) is 0 Å². The van der Waals surface area contributed by atoms with Crippen LogP contribution in [0.2, 0.25) is 0 Å². The van der Waals surface area contributed by atoms with Crippen LogP contribution in [0, 0.1) is 13.8 Å². The van der Waals surface area contributed by atoms with E-state index in [9.17, 15) is 0 Å². The number of aryl methyl sites for hydroxylation is 3. The summed E-state index contributed by atoms with van der Waals surface area (Å²) in [5.74, 6) is 2.97. The number of hydrogen-bond acceptors (Lipinski definition) is 4. The molecular weight excluding hydrogens is 288 g/mol. The summed E-state index contributed by atoms with van der Waals surface area (Å²) in [6.45, 7) is 9.66. The highest BCUT2D eigenvalue weighted by Gasteiger charge is 2.28. The van der Waals surface area contributed by atoms with Gasteiger partial charge in [0, 0.05) is 37.7 Å². The summed E-state index contributed by atoms with van der Waals surface area (Å²) in [5.41, 5.74) is 2.37. The number of rotatable bonds is 4. The molecule has 4 heterocycles. The van der Waals surface area contributed by atoms with Gasteiger partial charge >= 0.3 is 0 Å². The predicted octanol–water partition coefficient (Wildman–Crippen LogP) is 1.92. The van der Waals surface area contributed by atoms with Crippen molar-refractivity contribution in [1.82, 2.24) is 29.4 Å². The Morgan fingerprint density at radius 1 is 1.13 bits per heavy atom. The predicted molar refractivity (Wildman–Crippen MR) is 88.5 cm³/mol. The lowest BCUT2D eigenvalue weighted by Crippen LogP contribution is -2.37. The van der Waals surface area contributed by atoms with Crippen LogP contribution in [0.15, 0.2) is 6.07 Å².